The Morgan fingerprint density at radius 3 is 2.69 bits per heavy atom. The monoisotopic (exact) mass is 220 g/mol. The Morgan fingerprint density at radius 1 is 1.62 bits per heavy atom. The normalized spacial score (nSPS) is 11.5. The Morgan fingerprint density at radius 2 is 2.23 bits per heavy atom. The van der Waals surface area contributed by atoms with E-state index in [2.05, 4.69) is 0 Å². The number of rotatable bonds is 3. The van der Waals surface area contributed by atoms with Crippen LogP contribution in [0, 0.1) is 0 Å². The van der Waals surface area contributed by atoms with E-state index < -0.39 is 15.8 Å². The summed E-state index contributed by atoms with van der Waals surface area (Å²) in [7, 11) is -3.29. The van der Waals surface area contributed by atoms with E-state index in [1.54, 1.807) is 5.38 Å². The Hall–Kier alpha value is -0.880. The van der Waals surface area contributed by atoms with Gasteiger partial charge >= 0.3 is 5.97 Å². The van der Waals surface area contributed by atoms with E-state index in [9.17, 15) is 13.2 Å². The minimum Gasteiger partial charge on any atom is -0.481 e. The van der Waals surface area contributed by atoms with Crippen LogP contribution in [0.4, 0.5) is 0 Å². The van der Waals surface area contributed by atoms with Crippen molar-refractivity contribution >= 4 is 27.1 Å². The van der Waals surface area contributed by atoms with Gasteiger partial charge in [-0.15, -0.1) is 11.3 Å². The molecule has 0 amide bonds. The first-order valence-electron chi connectivity index (χ1n) is 3.39. The number of carboxylic acid groups (broad SMARTS) is 1. The van der Waals surface area contributed by atoms with E-state index >= 15 is 0 Å². The standard InChI is InChI=1S/C7H8O4S2/c1-13(10,11)6-2-3-12-5(6)4-7(8)9/h2-3H,4H2,1H3,(H,8,9). The molecule has 0 aliphatic heterocycles. The van der Waals surface area contributed by atoms with Crippen molar-refractivity contribution in [2.24, 2.45) is 0 Å². The predicted octanol–water partition coefficient (Wildman–Crippen LogP) is 0.779. The summed E-state index contributed by atoms with van der Waals surface area (Å²) in [6.07, 6.45) is 0.834. The maximum absolute atomic E-state index is 11.1. The molecule has 1 rings (SSSR count). The number of carbonyl (C=O) groups is 1. The van der Waals surface area contributed by atoms with Gasteiger partial charge in [0, 0.05) is 11.1 Å². The maximum atomic E-state index is 11.1. The average Bonchev–Trinajstić information content (AvgIpc) is 2.31. The lowest BCUT2D eigenvalue weighted by molar-refractivity contribution is -0.136. The van der Waals surface area contributed by atoms with Crippen LogP contribution in [-0.2, 0) is 21.1 Å². The third-order valence-corrected chi connectivity index (χ3v) is 3.65. The largest absolute Gasteiger partial charge is 0.481 e. The molecule has 1 N–H and O–H groups in total. The first-order valence-corrected chi connectivity index (χ1v) is 6.16. The highest BCUT2D eigenvalue weighted by Gasteiger charge is 2.16. The predicted molar refractivity (Wildman–Crippen MR) is 48.8 cm³/mol. The van der Waals surface area contributed by atoms with Gasteiger partial charge in [-0.2, -0.15) is 0 Å². The number of hydrogen-bond donors (Lipinski definition) is 1. The summed E-state index contributed by atoms with van der Waals surface area (Å²) >= 11 is 1.14. The Kier molecular flexibility index (Phi) is 2.72. The van der Waals surface area contributed by atoms with Gasteiger partial charge in [0.2, 0.25) is 0 Å². The molecular formula is C7H8O4S2. The van der Waals surface area contributed by atoms with Crippen LogP contribution < -0.4 is 0 Å². The molecule has 0 aromatic carbocycles. The summed E-state index contributed by atoms with van der Waals surface area (Å²) < 4.78 is 22.2. The van der Waals surface area contributed by atoms with Crippen molar-refractivity contribution in [3.8, 4) is 0 Å². The van der Waals surface area contributed by atoms with Gasteiger partial charge in [-0.1, -0.05) is 0 Å². The third kappa shape index (κ3) is 2.53. The summed E-state index contributed by atoms with van der Waals surface area (Å²) in [6.45, 7) is 0. The minimum absolute atomic E-state index is 0.125. The molecule has 0 aliphatic carbocycles. The van der Waals surface area contributed by atoms with Crippen LogP contribution in [0.1, 0.15) is 4.88 Å². The zero-order chi connectivity index (χ0) is 10.1. The first-order chi connectivity index (χ1) is 5.91. The van der Waals surface area contributed by atoms with Gasteiger partial charge in [-0.25, -0.2) is 8.42 Å². The minimum atomic E-state index is -3.29. The van der Waals surface area contributed by atoms with Crippen molar-refractivity contribution in [1.82, 2.24) is 0 Å². The molecule has 1 aromatic heterocycles. The van der Waals surface area contributed by atoms with Crippen molar-refractivity contribution in [2.45, 2.75) is 11.3 Å². The van der Waals surface area contributed by atoms with Crippen LogP contribution >= 0.6 is 11.3 Å². The fourth-order valence-corrected chi connectivity index (χ4v) is 3.17. The lowest BCUT2D eigenvalue weighted by atomic mass is 10.3. The number of sulfone groups is 1. The molecular weight excluding hydrogens is 212 g/mol. The maximum Gasteiger partial charge on any atom is 0.308 e. The second kappa shape index (κ2) is 3.47. The van der Waals surface area contributed by atoms with E-state index in [0.717, 1.165) is 17.6 Å². The van der Waals surface area contributed by atoms with Gasteiger partial charge < -0.3 is 5.11 Å². The van der Waals surface area contributed by atoms with E-state index in [1.165, 1.54) is 6.07 Å². The molecule has 0 saturated heterocycles. The van der Waals surface area contributed by atoms with Crippen LogP contribution in [0.3, 0.4) is 0 Å². The number of hydrogen-bond acceptors (Lipinski definition) is 4. The Balaban J connectivity index is 3.11. The summed E-state index contributed by atoms with van der Waals surface area (Å²) in [5.74, 6) is -1.02. The fourth-order valence-electron chi connectivity index (χ4n) is 0.925. The molecule has 4 nitrogen and oxygen atoms in total. The number of aliphatic carboxylic acids is 1. The van der Waals surface area contributed by atoms with Gasteiger partial charge in [-0.05, 0) is 11.4 Å². The molecule has 1 heterocycles. The lowest BCUT2D eigenvalue weighted by Crippen LogP contribution is -2.04. The molecule has 0 atom stereocenters. The van der Waals surface area contributed by atoms with Crippen LogP contribution in [0.15, 0.2) is 16.3 Å². The smallest absolute Gasteiger partial charge is 0.308 e. The molecule has 0 unspecified atom stereocenters. The molecule has 13 heavy (non-hydrogen) atoms. The van der Waals surface area contributed by atoms with Crippen LogP contribution in [0.5, 0.6) is 0 Å². The first kappa shape index (κ1) is 10.2. The van der Waals surface area contributed by atoms with Crippen molar-refractivity contribution in [3.63, 3.8) is 0 Å². The molecule has 0 aliphatic rings. The highest BCUT2D eigenvalue weighted by atomic mass is 32.2. The molecule has 0 radical (unpaired) electrons. The van der Waals surface area contributed by atoms with Crippen LogP contribution in [-0.4, -0.2) is 25.7 Å². The van der Waals surface area contributed by atoms with E-state index in [0.29, 0.717) is 4.88 Å². The quantitative estimate of drug-likeness (QED) is 0.817. The molecule has 0 bridgehead atoms. The van der Waals surface area contributed by atoms with E-state index in [4.69, 9.17) is 5.11 Å². The highest BCUT2D eigenvalue weighted by molar-refractivity contribution is 7.90. The summed E-state index contributed by atoms with van der Waals surface area (Å²) in [5.41, 5.74) is 0. The SMILES string of the molecule is CS(=O)(=O)c1ccsc1CC(=O)O. The zero-order valence-electron chi connectivity index (χ0n) is 6.85. The van der Waals surface area contributed by atoms with Crippen molar-refractivity contribution < 1.29 is 18.3 Å². The molecule has 0 saturated carbocycles. The lowest BCUT2D eigenvalue weighted by Gasteiger charge is -1.97. The zero-order valence-corrected chi connectivity index (χ0v) is 8.48. The number of thiophene rings is 1. The van der Waals surface area contributed by atoms with Gasteiger partial charge in [0.05, 0.1) is 11.3 Å². The second-order valence-corrected chi connectivity index (χ2v) is 5.54. The van der Waals surface area contributed by atoms with Gasteiger partial charge in [0.25, 0.3) is 0 Å². The van der Waals surface area contributed by atoms with Crippen molar-refractivity contribution in [3.05, 3.63) is 16.3 Å². The van der Waals surface area contributed by atoms with Gasteiger partial charge in [-0.3, -0.25) is 4.79 Å². The molecule has 0 fully saturated rings. The molecule has 1 aromatic rings. The third-order valence-electron chi connectivity index (χ3n) is 1.42. The molecule has 0 spiro atoms. The van der Waals surface area contributed by atoms with Crippen molar-refractivity contribution in [1.29, 1.82) is 0 Å². The summed E-state index contributed by atoms with van der Waals surface area (Å²) in [5, 5.41) is 10.1. The van der Waals surface area contributed by atoms with Crippen LogP contribution in [0.25, 0.3) is 0 Å². The van der Waals surface area contributed by atoms with E-state index in [1.807, 2.05) is 0 Å². The van der Waals surface area contributed by atoms with Gasteiger partial charge in [0.15, 0.2) is 9.84 Å². The average molecular weight is 220 g/mol. The molecule has 6 heteroatoms. The Labute approximate surface area is 79.7 Å². The summed E-state index contributed by atoms with van der Waals surface area (Å²) in [4.78, 5) is 10.9. The topological polar surface area (TPSA) is 71.4 Å². The van der Waals surface area contributed by atoms with E-state index in [-0.39, 0.29) is 11.3 Å². The fraction of sp³-hybridized carbons (Fsp3) is 0.286. The van der Waals surface area contributed by atoms with Gasteiger partial charge in [0.1, 0.15) is 0 Å². The summed E-state index contributed by atoms with van der Waals surface area (Å²) in [6, 6.07) is 1.43. The highest BCUT2D eigenvalue weighted by Crippen LogP contribution is 2.22. The van der Waals surface area contributed by atoms with Crippen LogP contribution in [0.2, 0.25) is 0 Å². The Bertz CT molecular complexity index is 415. The molecule has 72 valence electrons. The second-order valence-electron chi connectivity index (χ2n) is 2.55. The van der Waals surface area contributed by atoms with Crippen molar-refractivity contribution in [2.75, 3.05) is 6.26 Å². The number of carboxylic acids is 1.